The summed E-state index contributed by atoms with van der Waals surface area (Å²) in [7, 11) is 0. The van der Waals surface area contributed by atoms with Crippen LogP contribution in [0.3, 0.4) is 0 Å². The third kappa shape index (κ3) is 3.78. The first-order valence-corrected chi connectivity index (χ1v) is 7.52. The molecule has 0 radical (unpaired) electrons. The van der Waals surface area contributed by atoms with Crippen LogP contribution >= 0.6 is 0 Å². The van der Waals surface area contributed by atoms with Gasteiger partial charge in [0.25, 0.3) is 0 Å². The number of fused-ring (bicyclic) bond motifs is 1. The maximum Gasteiger partial charge on any atom is 0.0994 e. The molecule has 0 saturated carbocycles. The lowest BCUT2D eigenvalue weighted by Gasteiger charge is -2.32. The molecule has 1 aliphatic rings. The van der Waals surface area contributed by atoms with Gasteiger partial charge in [-0.15, -0.1) is 0 Å². The topological polar surface area (TPSA) is 47.3 Å². The molecular weight excluding hydrogens is 236 g/mol. The second-order valence-corrected chi connectivity index (χ2v) is 5.36. The summed E-state index contributed by atoms with van der Waals surface area (Å²) >= 11 is 0. The fraction of sp³-hybridized carbons (Fsp3) is 0.625. The zero-order valence-corrected chi connectivity index (χ0v) is 11.9. The zero-order chi connectivity index (χ0) is 13.5. The average Bonchev–Trinajstić information content (AvgIpc) is 2.47. The van der Waals surface area contributed by atoms with Crippen LogP contribution in [-0.4, -0.2) is 12.6 Å². The van der Waals surface area contributed by atoms with E-state index in [1.807, 2.05) is 0 Å². The lowest BCUT2D eigenvalue weighted by Crippen LogP contribution is -2.42. The van der Waals surface area contributed by atoms with Crippen molar-refractivity contribution in [3.8, 4) is 0 Å². The minimum Gasteiger partial charge on any atom is -0.371 e. The lowest BCUT2D eigenvalue weighted by molar-refractivity contribution is 0.0126. The molecule has 0 fully saturated rings. The highest BCUT2D eigenvalue weighted by atomic mass is 16.5. The molecule has 1 aromatic carbocycles. The average molecular weight is 262 g/mol. The van der Waals surface area contributed by atoms with Gasteiger partial charge in [-0.25, -0.2) is 0 Å². The molecule has 3 nitrogen and oxygen atoms in total. The van der Waals surface area contributed by atoms with Gasteiger partial charge in [-0.2, -0.15) is 0 Å². The number of benzene rings is 1. The molecule has 2 rings (SSSR count). The number of hydrogen-bond acceptors (Lipinski definition) is 3. The molecule has 0 aromatic heterocycles. The van der Waals surface area contributed by atoms with Crippen molar-refractivity contribution in [3.63, 3.8) is 0 Å². The summed E-state index contributed by atoms with van der Waals surface area (Å²) in [6.07, 6.45) is 7.27. The van der Waals surface area contributed by atoms with Crippen molar-refractivity contribution >= 4 is 0 Å². The van der Waals surface area contributed by atoms with E-state index >= 15 is 0 Å². The Morgan fingerprint density at radius 3 is 2.95 bits per heavy atom. The summed E-state index contributed by atoms with van der Waals surface area (Å²) in [4.78, 5) is 0. The summed E-state index contributed by atoms with van der Waals surface area (Å²) in [5.41, 5.74) is 5.69. The minimum absolute atomic E-state index is 0.108. The maximum atomic E-state index is 5.97. The summed E-state index contributed by atoms with van der Waals surface area (Å²) < 4.78 is 5.97. The Labute approximate surface area is 116 Å². The summed E-state index contributed by atoms with van der Waals surface area (Å²) in [5, 5.41) is 0. The normalized spacial score (nSPS) is 20.0. The number of unbranched alkanes of at least 4 members (excludes halogenated alkanes) is 3. The van der Waals surface area contributed by atoms with Crippen LogP contribution in [0, 0.1) is 0 Å². The lowest BCUT2D eigenvalue weighted by atomic mass is 9.91. The zero-order valence-electron chi connectivity index (χ0n) is 11.9. The van der Waals surface area contributed by atoms with E-state index in [0.717, 1.165) is 19.4 Å². The number of hydrazine groups is 1. The first-order valence-electron chi connectivity index (χ1n) is 7.52. The first-order chi connectivity index (χ1) is 9.36. The second kappa shape index (κ2) is 7.63. The van der Waals surface area contributed by atoms with Crippen LogP contribution < -0.4 is 11.3 Å². The van der Waals surface area contributed by atoms with Crippen molar-refractivity contribution in [2.45, 2.75) is 57.6 Å². The van der Waals surface area contributed by atoms with Crippen molar-refractivity contribution in [2.75, 3.05) is 6.61 Å². The first kappa shape index (κ1) is 14.5. The van der Waals surface area contributed by atoms with E-state index in [1.165, 1.54) is 36.8 Å². The molecule has 0 amide bonds. The van der Waals surface area contributed by atoms with Crippen molar-refractivity contribution in [2.24, 2.45) is 5.84 Å². The Morgan fingerprint density at radius 2 is 2.16 bits per heavy atom. The van der Waals surface area contributed by atoms with E-state index in [2.05, 4.69) is 36.6 Å². The maximum absolute atomic E-state index is 5.97. The molecule has 2 unspecified atom stereocenters. The van der Waals surface area contributed by atoms with Crippen LogP contribution in [0.1, 0.15) is 56.3 Å². The Balaban J connectivity index is 1.99. The van der Waals surface area contributed by atoms with Crippen LogP contribution in [0.4, 0.5) is 0 Å². The molecule has 1 aromatic rings. The quantitative estimate of drug-likeness (QED) is 0.451. The predicted molar refractivity (Wildman–Crippen MR) is 78.7 cm³/mol. The highest BCUT2D eigenvalue weighted by molar-refractivity contribution is 5.31. The van der Waals surface area contributed by atoms with Crippen molar-refractivity contribution < 1.29 is 4.74 Å². The van der Waals surface area contributed by atoms with Gasteiger partial charge in [0.2, 0.25) is 0 Å². The van der Waals surface area contributed by atoms with Crippen LogP contribution in [0.2, 0.25) is 0 Å². The van der Waals surface area contributed by atoms with Crippen molar-refractivity contribution in [3.05, 3.63) is 35.4 Å². The van der Waals surface area contributed by atoms with Gasteiger partial charge in [0, 0.05) is 0 Å². The highest BCUT2D eigenvalue weighted by Crippen LogP contribution is 2.31. The SMILES string of the molecule is CCCCCCC(NN)C1OCCc2ccccc21. The van der Waals surface area contributed by atoms with Crippen LogP contribution in [0.25, 0.3) is 0 Å². The van der Waals surface area contributed by atoms with E-state index in [0.29, 0.717) is 0 Å². The number of hydrogen-bond donors (Lipinski definition) is 2. The van der Waals surface area contributed by atoms with E-state index in [1.54, 1.807) is 0 Å². The summed E-state index contributed by atoms with van der Waals surface area (Å²) in [6, 6.07) is 8.79. The van der Waals surface area contributed by atoms with Crippen LogP contribution in [0.5, 0.6) is 0 Å². The Morgan fingerprint density at radius 1 is 1.32 bits per heavy atom. The van der Waals surface area contributed by atoms with Gasteiger partial charge in [0.1, 0.15) is 0 Å². The largest absolute Gasteiger partial charge is 0.371 e. The fourth-order valence-corrected chi connectivity index (χ4v) is 2.87. The molecule has 0 aliphatic carbocycles. The molecule has 0 spiro atoms. The molecule has 106 valence electrons. The molecule has 2 atom stereocenters. The van der Waals surface area contributed by atoms with E-state index < -0.39 is 0 Å². The fourth-order valence-electron chi connectivity index (χ4n) is 2.87. The highest BCUT2D eigenvalue weighted by Gasteiger charge is 2.27. The van der Waals surface area contributed by atoms with Gasteiger partial charge >= 0.3 is 0 Å². The molecule has 0 saturated heterocycles. The number of nitrogens with two attached hydrogens (primary N) is 1. The van der Waals surface area contributed by atoms with E-state index in [4.69, 9.17) is 10.6 Å². The molecule has 1 aliphatic heterocycles. The molecule has 19 heavy (non-hydrogen) atoms. The van der Waals surface area contributed by atoms with Crippen LogP contribution in [0.15, 0.2) is 24.3 Å². The molecular formula is C16H26N2O. The van der Waals surface area contributed by atoms with Gasteiger partial charge in [0.15, 0.2) is 0 Å². The van der Waals surface area contributed by atoms with E-state index in [-0.39, 0.29) is 12.1 Å². The monoisotopic (exact) mass is 262 g/mol. The molecule has 0 bridgehead atoms. The number of nitrogens with one attached hydrogen (secondary N) is 1. The molecule has 3 heteroatoms. The second-order valence-electron chi connectivity index (χ2n) is 5.36. The predicted octanol–water partition coefficient (Wildman–Crippen LogP) is 3.10. The third-order valence-corrected chi connectivity index (χ3v) is 3.98. The Bertz CT molecular complexity index is 381. The van der Waals surface area contributed by atoms with E-state index in [9.17, 15) is 0 Å². The van der Waals surface area contributed by atoms with Gasteiger partial charge in [-0.3, -0.25) is 11.3 Å². The van der Waals surface area contributed by atoms with Crippen LogP contribution in [-0.2, 0) is 11.2 Å². The van der Waals surface area contributed by atoms with Crippen molar-refractivity contribution in [1.82, 2.24) is 5.43 Å². The Hall–Kier alpha value is -0.900. The Kier molecular flexibility index (Phi) is 5.83. The summed E-state index contributed by atoms with van der Waals surface area (Å²) in [6.45, 7) is 3.04. The smallest absolute Gasteiger partial charge is 0.0994 e. The standard InChI is InChI=1S/C16H26N2O/c1-2-3-4-5-10-15(18-17)16-14-9-7-6-8-13(14)11-12-19-16/h6-9,15-16,18H,2-5,10-12,17H2,1H3. The number of rotatable bonds is 7. The van der Waals surface area contributed by atoms with Crippen molar-refractivity contribution in [1.29, 1.82) is 0 Å². The number of ether oxygens (including phenoxy) is 1. The van der Waals surface area contributed by atoms with Gasteiger partial charge < -0.3 is 4.74 Å². The molecule has 1 heterocycles. The van der Waals surface area contributed by atoms with Gasteiger partial charge in [-0.05, 0) is 24.0 Å². The third-order valence-electron chi connectivity index (χ3n) is 3.98. The molecule has 3 N–H and O–H groups in total. The summed E-state index contributed by atoms with van der Waals surface area (Å²) in [5.74, 6) is 5.75. The van der Waals surface area contributed by atoms with Gasteiger partial charge in [0.05, 0.1) is 18.8 Å². The van der Waals surface area contributed by atoms with Gasteiger partial charge in [-0.1, -0.05) is 56.9 Å². The minimum atomic E-state index is 0.108.